The van der Waals surface area contributed by atoms with Crippen LogP contribution in [0.2, 0.25) is 0 Å². The molecule has 0 radical (unpaired) electrons. The first kappa shape index (κ1) is 14.7. The highest BCUT2D eigenvalue weighted by Crippen LogP contribution is 2.24. The monoisotopic (exact) mass is 242 g/mol. The molecule has 17 heavy (non-hydrogen) atoms. The van der Waals surface area contributed by atoms with Crippen molar-refractivity contribution in [3.8, 4) is 0 Å². The zero-order valence-corrected chi connectivity index (χ0v) is 11.5. The van der Waals surface area contributed by atoms with Crippen molar-refractivity contribution in [2.45, 2.75) is 70.5 Å². The van der Waals surface area contributed by atoms with Gasteiger partial charge in [0.25, 0.3) is 0 Å². The molecule has 0 aromatic rings. The van der Waals surface area contributed by atoms with Gasteiger partial charge in [-0.25, -0.2) is 0 Å². The van der Waals surface area contributed by atoms with Gasteiger partial charge in [0.05, 0.1) is 6.10 Å². The minimum Gasteiger partial charge on any atom is -0.378 e. The molecule has 1 rings (SSSR count). The molecule has 1 heterocycles. The molecular weight excluding hydrogens is 216 g/mol. The fourth-order valence-electron chi connectivity index (χ4n) is 2.64. The summed E-state index contributed by atoms with van der Waals surface area (Å²) in [6.07, 6.45) is 6.80. The van der Waals surface area contributed by atoms with Crippen LogP contribution in [0.5, 0.6) is 0 Å². The standard InChI is InChI=1S/C14H26O3/c1-4-14(5-2,16-3)13(15)10-6-8-12-9-7-11-17-12/h12H,4-11H2,1-3H3. The predicted octanol–water partition coefficient (Wildman–Crippen LogP) is 3.11. The molecule has 1 fully saturated rings. The number of Topliss-reactive ketones (excluding diaryl/α,β-unsaturated/α-hetero) is 1. The molecule has 0 saturated carbocycles. The van der Waals surface area contributed by atoms with Crippen molar-refractivity contribution in [2.75, 3.05) is 13.7 Å². The molecule has 1 atom stereocenters. The number of hydrogen-bond acceptors (Lipinski definition) is 3. The maximum absolute atomic E-state index is 12.2. The van der Waals surface area contributed by atoms with Gasteiger partial charge in [0.15, 0.2) is 5.78 Å². The molecule has 0 amide bonds. The summed E-state index contributed by atoms with van der Waals surface area (Å²) in [7, 11) is 1.64. The number of ketones is 1. The third-order valence-corrected chi connectivity index (χ3v) is 4.00. The van der Waals surface area contributed by atoms with Crippen molar-refractivity contribution in [3.05, 3.63) is 0 Å². The van der Waals surface area contributed by atoms with Gasteiger partial charge in [-0.15, -0.1) is 0 Å². The minimum atomic E-state index is -0.545. The molecule has 100 valence electrons. The highest BCUT2D eigenvalue weighted by Gasteiger charge is 2.33. The second-order valence-corrected chi connectivity index (χ2v) is 4.86. The zero-order valence-electron chi connectivity index (χ0n) is 11.5. The van der Waals surface area contributed by atoms with Crippen molar-refractivity contribution in [3.63, 3.8) is 0 Å². The summed E-state index contributed by atoms with van der Waals surface area (Å²) in [5.74, 6) is 0.253. The van der Waals surface area contributed by atoms with Crippen molar-refractivity contribution >= 4 is 5.78 Å². The average molecular weight is 242 g/mol. The van der Waals surface area contributed by atoms with Gasteiger partial charge in [-0.1, -0.05) is 13.8 Å². The predicted molar refractivity (Wildman–Crippen MR) is 68.2 cm³/mol. The molecule has 1 unspecified atom stereocenters. The maximum atomic E-state index is 12.2. The van der Waals surface area contributed by atoms with Crippen molar-refractivity contribution in [1.29, 1.82) is 0 Å². The largest absolute Gasteiger partial charge is 0.378 e. The topological polar surface area (TPSA) is 35.5 Å². The van der Waals surface area contributed by atoms with E-state index >= 15 is 0 Å². The van der Waals surface area contributed by atoms with E-state index in [0.29, 0.717) is 12.5 Å². The van der Waals surface area contributed by atoms with E-state index in [1.807, 2.05) is 13.8 Å². The van der Waals surface area contributed by atoms with Crippen LogP contribution < -0.4 is 0 Å². The molecule has 1 aliphatic rings. The molecule has 0 spiro atoms. The number of methoxy groups -OCH3 is 1. The Morgan fingerprint density at radius 2 is 2.12 bits per heavy atom. The molecule has 0 bridgehead atoms. The van der Waals surface area contributed by atoms with Crippen LogP contribution in [-0.4, -0.2) is 31.2 Å². The molecule has 1 aliphatic heterocycles. The van der Waals surface area contributed by atoms with Gasteiger partial charge >= 0.3 is 0 Å². The third-order valence-electron chi connectivity index (χ3n) is 4.00. The highest BCUT2D eigenvalue weighted by molar-refractivity contribution is 5.87. The van der Waals surface area contributed by atoms with E-state index in [1.54, 1.807) is 7.11 Å². The number of carbonyl (C=O) groups is 1. The van der Waals surface area contributed by atoms with Crippen LogP contribution in [0.25, 0.3) is 0 Å². The SMILES string of the molecule is CCC(CC)(OC)C(=O)CCCC1CCCO1. The smallest absolute Gasteiger partial charge is 0.164 e. The first-order valence-electron chi connectivity index (χ1n) is 6.88. The molecule has 1 saturated heterocycles. The van der Waals surface area contributed by atoms with E-state index in [9.17, 15) is 4.79 Å². The number of ether oxygens (including phenoxy) is 2. The number of carbonyl (C=O) groups excluding carboxylic acids is 1. The minimum absolute atomic E-state index is 0.253. The van der Waals surface area contributed by atoms with Gasteiger partial charge in [-0.2, -0.15) is 0 Å². The molecule has 0 aromatic heterocycles. The lowest BCUT2D eigenvalue weighted by Crippen LogP contribution is -2.39. The van der Waals surface area contributed by atoms with Gasteiger partial charge in [-0.3, -0.25) is 4.79 Å². The van der Waals surface area contributed by atoms with E-state index in [0.717, 1.165) is 38.7 Å². The third kappa shape index (κ3) is 3.78. The summed E-state index contributed by atoms with van der Waals surface area (Å²) in [4.78, 5) is 12.2. The Morgan fingerprint density at radius 1 is 1.41 bits per heavy atom. The van der Waals surface area contributed by atoms with Crippen LogP contribution in [0.1, 0.15) is 58.8 Å². The summed E-state index contributed by atoms with van der Waals surface area (Å²) in [5, 5.41) is 0. The number of rotatable bonds is 8. The Kier molecular flexibility index (Phi) is 6.14. The first-order valence-corrected chi connectivity index (χ1v) is 6.88. The van der Waals surface area contributed by atoms with E-state index in [2.05, 4.69) is 0 Å². The molecule has 0 aromatic carbocycles. The quantitative estimate of drug-likeness (QED) is 0.656. The highest BCUT2D eigenvalue weighted by atomic mass is 16.5. The summed E-state index contributed by atoms with van der Waals surface area (Å²) < 4.78 is 11.0. The second kappa shape index (κ2) is 7.12. The molecule has 3 nitrogen and oxygen atoms in total. The lowest BCUT2D eigenvalue weighted by molar-refractivity contribution is -0.142. The van der Waals surface area contributed by atoms with Crippen LogP contribution >= 0.6 is 0 Å². The Hall–Kier alpha value is -0.410. The maximum Gasteiger partial charge on any atom is 0.164 e. The normalized spacial score (nSPS) is 20.8. The molecule has 0 aliphatic carbocycles. The lowest BCUT2D eigenvalue weighted by Gasteiger charge is -2.28. The summed E-state index contributed by atoms with van der Waals surface area (Å²) >= 11 is 0. The van der Waals surface area contributed by atoms with Crippen LogP contribution in [0.4, 0.5) is 0 Å². The Balaban J connectivity index is 2.31. The summed E-state index contributed by atoms with van der Waals surface area (Å²) in [5.41, 5.74) is -0.545. The Labute approximate surface area is 105 Å². The second-order valence-electron chi connectivity index (χ2n) is 4.86. The van der Waals surface area contributed by atoms with Crippen molar-refractivity contribution in [1.82, 2.24) is 0 Å². The first-order chi connectivity index (χ1) is 8.18. The van der Waals surface area contributed by atoms with Gasteiger partial charge in [0.2, 0.25) is 0 Å². The van der Waals surface area contributed by atoms with Crippen molar-refractivity contribution in [2.24, 2.45) is 0 Å². The van der Waals surface area contributed by atoms with Crippen LogP contribution in [0.15, 0.2) is 0 Å². The fourth-order valence-corrected chi connectivity index (χ4v) is 2.64. The van der Waals surface area contributed by atoms with E-state index in [4.69, 9.17) is 9.47 Å². The van der Waals surface area contributed by atoms with Crippen LogP contribution in [0.3, 0.4) is 0 Å². The van der Waals surface area contributed by atoms with Crippen LogP contribution in [0, 0.1) is 0 Å². The molecule has 3 heteroatoms. The van der Waals surface area contributed by atoms with E-state index < -0.39 is 5.60 Å². The van der Waals surface area contributed by atoms with Gasteiger partial charge in [-0.05, 0) is 38.5 Å². The summed E-state index contributed by atoms with van der Waals surface area (Å²) in [6, 6.07) is 0. The molecule has 0 N–H and O–H groups in total. The van der Waals surface area contributed by atoms with E-state index in [-0.39, 0.29) is 5.78 Å². The zero-order chi connectivity index (χ0) is 12.7. The van der Waals surface area contributed by atoms with E-state index in [1.165, 1.54) is 6.42 Å². The van der Waals surface area contributed by atoms with Gasteiger partial charge in [0, 0.05) is 20.1 Å². The molecular formula is C14H26O3. The van der Waals surface area contributed by atoms with Gasteiger partial charge in [0.1, 0.15) is 5.60 Å². The van der Waals surface area contributed by atoms with Crippen LogP contribution in [-0.2, 0) is 14.3 Å². The Morgan fingerprint density at radius 3 is 2.59 bits per heavy atom. The summed E-state index contributed by atoms with van der Waals surface area (Å²) in [6.45, 7) is 4.93. The Bertz CT molecular complexity index is 219. The fraction of sp³-hybridized carbons (Fsp3) is 0.929. The number of hydrogen-bond donors (Lipinski definition) is 0. The van der Waals surface area contributed by atoms with Gasteiger partial charge < -0.3 is 9.47 Å². The lowest BCUT2D eigenvalue weighted by atomic mass is 9.88. The average Bonchev–Trinajstić information content (AvgIpc) is 2.85. The van der Waals surface area contributed by atoms with Crippen molar-refractivity contribution < 1.29 is 14.3 Å².